The summed E-state index contributed by atoms with van der Waals surface area (Å²) in [4.78, 5) is 0. The van der Waals surface area contributed by atoms with Crippen LogP contribution in [0.25, 0.3) is 56.3 Å². The number of rotatable bonds is 5. The summed E-state index contributed by atoms with van der Waals surface area (Å²) in [6.45, 7) is 32.2. The number of hydrogen-bond donors (Lipinski definition) is 0. The number of hydrogen-bond acceptors (Lipinski definition) is 0. The maximum Gasteiger partial charge on any atom is 0.212 e. The quantitative estimate of drug-likeness (QED) is 0.153. The summed E-state index contributed by atoms with van der Waals surface area (Å²) in [5.41, 5.74) is 32.8. The van der Waals surface area contributed by atoms with E-state index in [4.69, 9.17) is 0 Å². The third-order valence-electron chi connectivity index (χ3n) is 15.3. The maximum atomic E-state index is 2.25. The first-order valence-electron chi connectivity index (χ1n) is 28.1. The fourth-order valence-corrected chi connectivity index (χ4v) is 10.4. The van der Waals surface area contributed by atoms with Crippen LogP contribution in [0.3, 0.4) is 0 Å². The Kier molecular flexibility index (Phi) is 21.1. The van der Waals surface area contributed by atoms with Crippen molar-refractivity contribution >= 4 is 0 Å². The molecule has 0 saturated heterocycles. The number of aryl methyl sites for hydroxylation is 18. The number of nitrogens with zero attached hydrogens (tertiary/aromatic N) is 5. The van der Waals surface area contributed by atoms with Crippen molar-refractivity contribution in [2.24, 2.45) is 35.2 Å². The summed E-state index contributed by atoms with van der Waals surface area (Å²) in [5.74, 6) is 0. The Hall–Kier alpha value is -8.15. The lowest BCUT2D eigenvalue weighted by Gasteiger charge is -2.07. The molecular formula is C75H90N5+5. The van der Waals surface area contributed by atoms with Gasteiger partial charge in [0.25, 0.3) is 0 Å². The van der Waals surface area contributed by atoms with E-state index in [2.05, 4.69) is 345 Å². The molecule has 80 heavy (non-hydrogen) atoms. The van der Waals surface area contributed by atoms with Crippen LogP contribution in [0.5, 0.6) is 0 Å². The van der Waals surface area contributed by atoms with Gasteiger partial charge in [0.1, 0.15) is 35.2 Å². The highest BCUT2D eigenvalue weighted by Gasteiger charge is 2.17. The number of benzene rings is 5. The first-order chi connectivity index (χ1) is 37.9. The second-order valence-electron chi connectivity index (χ2n) is 22.4. The van der Waals surface area contributed by atoms with E-state index in [1.54, 1.807) is 0 Å². The molecule has 0 radical (unpaired) electrons. The summed E-state index contributed by atoms with van der Waals surface area (Å²) < 4.78 is 10.9. The highest BCUT2D eigenvalue weighted by atomic mass is 14.9. The minimum Gasteiger partial charge on any atom is -0.201 e. The van der Waals surface area contributed by atoms with Gasteiger partial charge in [-0.15, -0.1) is 0 Å². The Morgan fingerprint density at radius 1 is 0.225 bits per heavy atom. The highest BCUT2D eigenvalue weighted by Crippen LogP contribution is 2.27. The Balaban J connectivity index is 0.000000161. The van der Waals surface area contributed by atoms with Gasteiger partial charge >= 0.3 is 0 Å². The first-order valence-corrected chi connectivity index (χ1v) is 28.1. The zero-order chi connectivity index (χ0) is 58.5. The van der Waals surface area contributed by atoms with Crippen LogP contribution in [0, 0.1) is 104 Å². The summed E-state index contributed by atoms with van der Waals surface area (Å²) >= 11 is 0. The average Bonchev–Trinajstić information content (AvgIpc) is 3.44. The molecule has 0 amide bonds. The molecule has 0 saturated carbocycles. The molecule has 0 spiro atoms. The molecular weight excluding hydrogens is 971 g/mol. The molecule has 5 nitrogen and oxygen atoms in total. The van der Waals surface area contributed by atoms with Crippen LogP contribution in [0.1, 0.15) is 83.5 Å². The van der Waals surface area contributed by atoms with Gasteiger partial charge in [0.05, 0.1) is 5.56 Å². The standard InChI is InChI=1S/5C15H18N/c1-11-5-7-14(13(3)9-11)15-8-6-12(2)10-16(15)4;1-11-5-7-13(3)14(9-11)15-8-6-12(2)10-16(15)4;1-11-8-9-16(4)15(10-11)14-7-5-6-12(2)13(14)3;1-11-8-9-15(16(4)10-11)14-7-5-6-12(2)13(14)3;1-11-8-9-14(16(4)10-11)15-12(2)6-5-7-13(15)3/h5*5-10H,1-4H3/q5*+1. The summed E-state index contributed by atoms with van der Waals surface area (Å²) in [7, 11) is 10.5. The van der Waals surface area contributed by atoms with Gasteiger partial charge in [-0.25, -0.2) is 22.8 Å². The van der Waals surface area contributed by atoms with Crippen LogP contribution in [0.15, 0.2) is 183 Å². The Morgan fingerprint density at radius 3 is 1.05 bits per heavy atom. The molecule has 10 rings (SSSR count). The van der Waals surface area contributed by atoms with E-state index >= 15 is 0 Å². The fraction of sp³-hybridized carbons (Fsp3) is 0.267. The van der Waals surface area contributed by atoms with Gasteiger partial charge in [-0.2, -0.15) is 0 Å². The molecule has 5 aromatic carbocycles. The highest BCUT2D eigenvalue weighted by molar-refractivity contribution is 5.67. The average molecular weight is 1060 g/mol. The maximum absolute atomic E-state index is 2.25. The third-order valence-corrected chi connectivity index (χ3v) is 15.3. The van der Waals surface area contributed by atoms with Crippen molar-refractivity contribution in [2.75, 3.05) is 0 Å². The Morgan fingerprint density at radius 2 is 0.588 bits per heavy atom. The van der Waals surface area contributed by atoms with Crippen molar-refractivity contribution in [1.29, 1.82) is 0 Å². The Labute approximate surface area is 481 Å². The van der Waals surface area contributed by atoms with Crippen molar-refractivity contribution in [3.63, 3.8) is 0 Å². The van der Waals surface area contributed by atoms with Crippen molar-refractivity contribution in [3.8, 4) is 56.3 Å². The molecule has 0 aliphatic carbocycles. The minimum absolute atomic E-state index is 1.27. The normalized spacial score (nSPS) is 10.5. The largest absolute Gasteiger partial charge is 0.212 e. The molecule has 0 atom stereocenters. The molecule has 0 aliphatic rings. The summed E-state index contributed by atoms with van der Waals surface area (Å²) in [6, 6.07) is 54.4. The third kappa shape index (κ3) is 15.8. The van der Waals surface area contributed by atoms with Gasteiger partial charge in [-0.1, -0.05) is 77.9 Å². The van der Waals surface area contributed by atoms with E-state index in [0.29, 0.717) is 0 Å². The lowest BCUT2D eigenvalue weighted by Crippen LogP contribution is -2.31. The predicted octanol–water partition coefficient (Wildman–Crippen LogP) is 15.5. The lowest BCUT2D eigenvalue weighted by molar-refractivity contribution is -0.660. The van der Waals surface area contributed by atoms with Gasteiger partial charge in [0, 0.05) is 80.9 Å². The molecule has 410 valence electrons. The van der Waals surface area contributed by atoms with E-state index in [-0.39, 0.29) is 0 Å². The van der Waals surface area contributed by atoms with Gasteiger partial charge in [-0.3, -0.25) is 0 Å². The van der Waals surface area contributed by atoms with Crippen LogP contribution in [0.2, 0.25) is 0 Å². The molecule has 5 aromatic heterocycles. The molecule has 0 unspecified atom stereocenters. The second kappa shape index (κ2) is 27.6. The molecule has 5 heteroatoms. The number of pyridine rings is 5. The summed E-state index contributed by atoms with van der Waals surface area (Å²) in [5, 5.41) is 0. The molecule has 0 aliphatic heterocycles. The fourth-order valence-electron chi connectivity index (χ4n) is 10.4. The van der Waals surface area contributed by atoms with Crippen LogP contribution in [-0.4, -0.2) is 0 Å². The van der Waals surface area contributed by atoms with E-state index in [0.717, 1.165) is 0 Å². The minimum atomic E-state index is 1.27. The molecule has 5 heterocycles. The lowest BCUT2D eigenvalue weighted by atomic mass is 9.99. The van der Waals surface area contributed by atoms with E-state index < -0.39 is 0 Å². The second-order valence-corrected chi connectivity index (χ2v) is 22.4. The monoisotopic (exact) mass is 1060 g/mol. The van der Waals surface area contributed by atoms with Crippen LogP contribution in [0.4, 0.5) is 0 Å². The smallest absolute Gasteiger partial charge is 0.201 e. The zero-order valence-electron chi connectivity index (χ0n) is 52.1. The van der Waals surface area contributed by atoms with E-state index in [1.807, 2.05) is 0 Å². The van der Waals surface area contributed by atoms with Gasteiger partial charge in [0.2, 0.25) is 28.5 Å². The van der Waals surface area contributed by atoms with Crippen molar-refractivity contribution in [3.05, 3.63) is 266 Å². The van der Waals surface area contributed by atoms with Crippen molar-refractivity contribution < 1.29 is 22.8 Å². The molecule has 0 N–H and O–H groups in total. The van der Waals surface area contributed by atoms with E-state index in [1.165, 1.54) is 140 Å². The van der Waals surface area contributed by atoms with Crippen LogP contribution in [-0.2, 0) is 35.2 Å². The molecule has 0 bridgehead atoms. The topological polar surface area (TPSA) is 19.4 Å². The van der Waals surface area contributed by atoms with Gasteiger partial charge in [0.15, 0.2) is 31.0 Å². The SMILES string of the molecule is Cc1cc[n+](C)c(-c2cccc(C)c2C)c1.Cc1ccc(-c2c(C)cccc2C)[n+](C)c1.Cc1ccc(-c2ccc(C)c[n+]2C)c(C)c1.Cc1ccc(-c2cccc(C)c2C)[n+](C)c1.Cc1ccc(C)c(-c2ccc(C)c[n+]2C)c1. The van der Waals surface area contributed by atoms with E-state index in [9.17, 15) is 0 Å². The van der Waals surface area contributed by atoms with Crippen molar-refractivity contribution in [1.82, 2.24) is 0 Å². The predicted molar refractivity (Wildman–Crippen MR) is 336 cm³/mol. The van der Waals surface area contributed by atoms with Gasteiger partial charge < -0.3 is 0 Å². The molecule has 10 aromatic rings. The summed E-state index contributed by atoms with van der Waals surface area (Å²) in [6.07, 6.45) is 10.8. The Bertz CT molecular complexity index is 3660. The van der Waals surface area contributed by atoms with Crippen LogP contribution < -0.4 is 22.8 Å². The van der Waals surface area contributed by atoms with Gasteiger partial charge in [-0.05, 0) is 202 Å². The zero-order valence-corrected chi connectivity index (χ0v) is 52.1. The first kappa shape index (κ1) is 61.1. The molecule has 0 fully saturated rings. The number of aromatic nitrogens is 5. The van der Waals surface area contributed by atoms with Crippen LogP contribution >= 0.6 is 0 Å². The van der Waals surface area contributed by atoms with Crippen molar-refractivity contribution in [2.45, 2.75) is 104 Å².